The standard InChI is InChI=1S/C20H25ClN4O/c1-14-23-18(20(26)22-13-15-8-10-16(21)11-9-15)12-19(24-14)25-17-6-4-2-3-5-7-17/h8-12,17H,2-7,13H2,1H3,(H,22,26)(H,23,24,25). The number of amides is 1. The summed E-state index contributed by atoms with van der Waals surface area (Å²) in [7, 11) is 0. The fraction of sp³-hybridized carbons (Fsp3) is 0.450. The second-order valence-corrected chi connectivity index (χ2v) is 7.26. The molecule has 0 aliphatic heterocycles. The third-order valence-electron chi connectivity index (χ3n) is 4.64. The number of nitrogens with zero attached hydrogens (tertiary/aromatic N) is 2. The second-order valence-electron chi connectivity index (χ2n) is 6.83. The van der Waals surface area contributed by atoms with Gasteiger partial charge in [-0.15, -0.1) is 0 Å². The van der Waals surface area contributed by atoms with E-state index < -0.39 is 0 Å². The van der Waals surface area contributed by atoms with Gasteiger partial charge in [-0.1, -0.05) is 49.4 Å². The summed E-state index contributed by atoms with van der Waals surface area (Å²) in [6.45, 7) is 2.25. The first-order valence-corrected chi connectivity index (χ1v) is 9.63. The monoisotopic (exact) mass is 372 g/mol. The maximum absolute atomic E-state index is 12.5. The van der Waals surface area contributed by atoms with Crippen molar-refractivity contribution >= 4 is 23.3 Å². The first-order chi connectivity index (χ1) is 12.6. The highest BCUT2D eigenvalue weighted by molar-refractivity contribution is 6.30. The van der Waals surface area contributed by atoms with Gasteiger partial charge in [0, 0.05) is 23.7 Å². The molecule has 1 aliphatic rings. The number of nitrogens with one attached hydrogen (secondary N) is 2. The van der Waals surface area contributed by atoms with Crippen LogP contribution in [-0.2, 0) is 6.54 Å². The van der Waals surface area contributed by atoms with Crippen LogP contribution in [0.4, 0.5) is 5.82 Å². The quantitative estimate of drug-likeness (QED) is 0.758. The Bertz CT molecular complexity index is 740. The number of aromatic nitrogens is 2. The second kappa shape index (κ2) is 8.99. The van der Waals surface area contributed by atoms with E-state index in [0.717, 1.165) is 24.2 Å². The molecule has 1 aromatic heterocycles. The number of carbonyl (C=O) groups is 1. The minimum absolute atomic E-state index is 0.200. The largest absolute Gasteiger partial charge is 0.367 e. The maximum Gasteiger partial charge on any atom is 0.270 e. The molecule has 3 rings (SSSR count). The van der Waals surface area contributed by atoms with E-state index in [-0.39, 0.29) is 5.91 Å². The van der Waals surface area contributed by atoms with Crippen molar-refractivity contribution < 1.29 is 4.79 Å². The van der Waals surface area contributed by atoms with Crippen LogP contribution in [0.15, 0.2) is 30.3 Å². The zero-order valence-corrected chi connectivity index (χ0v) is 15.9. The van der Waals surface area contributed by atoms with Gasteiger partial charge in [-0.05, 0) is 37.5 Å². The highest BCUT2D eigenvalue weighted by Crippen LogP contribution is 2.20. The van der Waals surface area contributed by atoms with Crippen molar-refractivity contribution in [2.24, 2.45) is 0 Å². The van der Waals surface area contributed by atoms with Crippen LogP contribution in [0.2, 0.25) is 5.02 Å². The molecule has 138 valence electrons. The Hall–Kier alpha value is -2.14. The molecule has 0 saturated heterocycles. The molecule has 6 heteroatoms. The average molecular weight is 373 g/mol. The van der Waals surface area contributed by atoms with Gasteiger partial charge in [0.15, 0.2) is 0 Å². The van der Waals surface area contributed by atoms with E-state index in [1.165, 1.54) is 25.7 Å². The zero-order valence-electron chi connectivity index (χ0n) is 15.1. The number of aryl methyl sites for hydroxylation is 1. The summed E-state index contributed by atoms with van der Waals surface area (Å²) in [4.78, 5) is 21.2. The summed E-state index contributed by atoms with van der Waals surface area (Å²) in [5.74, 6) is 1.13. The molecule has 2 N–H and O–H groups in total. The van der Waals surface area contributed by atoms with Gasteiger partial charge in [0.25, 0.3) is 5.91 Å². The van der Waals surface area contributed by atoms with E-state index in [9.17, 15) is 4.79 Å². The lowest BCUT2D eigenvalue weighted by atomic mass is 10.1. The highest BCUT2D eigenvalue weighted by atomic mass is 35.5. The normalized spacial score (nSPS) is 15.3. The van der Waals surface area contributed by atoms with Crippen LogP contribution in [0.5, 0.6) is 0 Å². The fourth-order valence-electron chi connectivity index (χ4n) is 3.27. The Morgan fingerprint density at radius 1 is 1.12 bits per heavy atom. The van der Waals surface area contributed by atoms with Gasteiger partial charge in [-0.25, -0.2) is 9.97 Å². The lowest BCUT2D eigenvalue weighted by Crippen LogP contribution is -2.25. The first kappa shape index (κ1) is 18.6. The summed E-state index contributed by atoms with van der Waals surface area (Å²) in [5, 5.41) is 7.08. The third-order valence-corrected chi connectivity index (χ3v) is 4.90. The smallest absolute Gasteiger partial charge is 0.270 e. The molecule has 1 fully saturated rings. The molecule has 1 heterocycles. The van der Waals surface area contributed by atoms with Crippen LogP contribution in [0.25, 0.3) is 0 Å². The van der Waals surface area contributed by atoms with Crippen molar-refractivity contribution in [3.63, 3.8) is 0 Å². The van der Waals surface area contributed by atoms with Crippen LogP contribution in [-0.4, -0.2) is 21.9 Å². The Kier molecular flexibility index (Phi) is 6.45. The third kappa shape index (κ3) is 5.43. The lowest BCUT2D eigenvalue weighted by Gasteiger charge is -2.17. The zero-order chi connectivity index (χ0) is 18.4. The Balaban J connectivity index is 1.63. The Morgan fingerprint density at radius 2 is 1.81 bits per heavy atom. The minimum Gasteiger partial charge on any atom is -0.367 e. The van der Waals surface area contributed by atoms with E-state index in [1.807, 2.05) is 31.2 Å². The molecule has 2 aromatic rings. The topological polar surface area (TPSA) is 66.9 Å². The van der Waals surface area contributed by atoms with E-state index in [1.54, 1.807) is 6.07 Å². The van der Waals surface area contributed by atoms with Crippen LogP contribution >= 0.6 is 11.6 Å². The molecule has 0 radical (unpaired) electrons. The fourth-order valence-corrected chi connectivity index (χ4v) is 3.39. The Morgan fingerprint density at radius 3 is 2.50 bits per heavy atom. The van der Waals surface area contributed by atoms with Crippen molar-refractivity contribution in [3.05, 3.63) is 52.4 Å². The maximum atomic E-state index is 12.5. The van der Waals surface area contributed by atoms with Crippen LogP contribution in [0.3, 0.4) is 0 Å². The number of hydrogen-bond donors (Lipinski definition) is 2. The van der Waals surface area contributed by atoms with E-state index in [2.05, 4.69) is 20.6 Å². The van der Waals surface area contributed by atoms with Crippen LogP contribution in [0.1, 0.15) is 60.4 Å². The van der Waals surface area contributed by atoms with Gasteiger partial charge in [0.05, 0.1) is 0 Å². The number of benzene rings is 1. The molecule has 0 bridgehead atoms. The number of hydrogen-bond acceptors (Lipinski definition) is 4. The van der Waals surface area contributed by atoms with Crippen molar-refractivity contribution in [2.75, 3.05) is 5.32 Å². The number of carbonyl (C=O) groups excluding carboxylic acids is 1. The van der Waals surface area contributed by atoms with Crippen molar-refractivity contribution in [2.45, 2.75) is 58.0 Å². The number of anilines is 1. The SMILES string of the molecule is Cc1nc(NC2CCCCCC2)cc(C(=O)NCc2ccc(Cl)cc2)n1. The van der Waals surface area contributed by atoms with Gasteiger partial charge < -0.3 is 10.6 Å². The molecule has 0 atom stereocenters. The van der Waals surface area contributed by atoms with Crippen molar-refractivity contribution in [3.8, 4) is 0 Å². The van der Waals surface area contributed by atoms with Gasteiger partial charge in [0.2, 0.25) is 0 Å². The predicted molar refractivity (Wildman–Crippen MR) is 105 cm³/mol. The summed E-state index contributed by atoms with van der Waals surface area (Å²) < 4.78 is 0. The van der Waals surface area contributed by atoms with Crippen LogP contribution < -0.4 is 10.6 Å². The molecule has 1 aromatic carbocycles. The first-order valence-electron chi connectivity index (χ1n) is 9.25. The number of rotatable bonds is 5. The molecular formula is C20H25ClN4O. The minimum atomic E-state index is -0.200. The molecular weight excluding hydrogens is 348 g/mol. The molecule has 0 unspecified atom stereocenters. The van der Waals surface area contributed by atoms with E-state index in [4.69, 9.17) is 11.6 Å². The number of halogens is 1. The molecule has 1 amide bonds. The summed E-state index contributed by atoms with van der Waals surface area (Å²) >= 11 is 5.88. The Labute approximate surface area is 159 Å². The van der Waals surface area contributed by atoms with Crippen LogP contribution in [0, 0.1) is 6.92 Å². The van der Waals surface area contributed by atoms with Gasteiger partial charge in [-0.3, -0.25) is 4.79 Å². The summed E-state index contributed by atoms with van der Waals surface area (Å²) in [6, 6.07) is 9.59. The molecule has 0 spiro atoms. The molecule has 26 heavy (non-hydrogen) atoms. The lowest BCUT2D eigenvalue weighted by molar-refractivity contribution is 0.0945. The van der Waals surface area contributed by atoms with Gasteiger partial charge >= 0.3 is 0 Å². The van der Waals surface area contributed by atoms with Gasteiger partial charge in [-0.2, -0.15) is 0 Å². The summed E-state index contributed by atoms with van der Waals surface area (Å²) in [5.41, 5.74) is 1.38. The average Bonchev–Trinajstić information content (AvgIpc) is 2.89. The van der Waals surface area contributed by atoms with E-state index >= 15 is 0 Å². The highest BCUT2D eigenvalue weighted by Gasteiger charge is 2.15. The van der Waals surface area contributed by atoms with Crippen molar-refractivity contribution in [1.82, 2.24) is 15.3 Å². The molecule has 1 aliphatic carbocycles. The van der Waals surface area contributed by atoms with E-state index in [0.29, 0.717) is 29.1 Å². The van der Waals surface area contributed by atoms with Gasteiger partial charge in [0.1, 0.15) is 17.3 Å². The molecule has 5 nitrogen and oxygen atoms in total. The predicted octanol–water partition coefficient (Wildman–Crippen LogP) is 4.50. The molecule has 1 saturated carbocycles. The summed E-state index contributed by atoms with van der Waals surface area (Å²) in [6.07, 6.45) is 7.41. The van der Waals surface area contributed by atoms with Crippen molar-refractivity contribution in [1.29, 1.82) is 0 Å².